The Morgan fingerprint density at radius 2 is 1.90 bits per heavy atom. The minimum absolute atomic E-state index is 0.0739. The molecule has 0 bridgehead atoms. The fraction of sp³-hybridized carbons (Fsp3) is 0.462. The first-order chi connectivity index (χ1) is 9.90. The molecule has 0 fully saturated rings. The lowest BCUT2D eigenvalue weighted by Crippen LogP contribution is -2.10. The van der Waals surface area contributed by atoms with Crippen LogP contribution in [-0.2, 0) is 29.9 Å². The summed E-state index contributed by atoms with van der Waals surface area (Å²) >= 11 is 0. The molecule has 0 saturated carbocycles. The zero-order valence-electron chi connectivity index (χ0n) is 11.8. The van der Waals surface area contributed by atoms with E-state index in [1.165, 1.54) is 25.3 Å². The van der Waals surface area contributed by atoms with E-state index in [1.54, 1.807) is 7.11 Å². The van der Waals surface area contributed by atoms with Crippen LogP contribution in [0.4, 0.5) is 0 Å². The van der Waals surface area contributed by atoms with Crippen molar-refractivity contribution in [2.24, 2.45) is 0 Å². The predicted molar refractivity (Wildman–Crippen MR) is 77.0 cm³/mol. The Kier molecular flexibility index (Phi) is 7.10. The van der Waals surface area contributed by atoms with Crippen LogP contribution in [0.1, 0.15) is 22.3 Å². The third-order valence-electron chi connectivity index (χ3n) is 2.59. The van der Waals surface area contributed by atoms with Gasteiger partial charge < -0.3 is 14.2 Å². The second-order valence-corrected chi connectivity index (χ2v) is 6.71. The van der Waals surface area contributed by atoms with Crippen LogP contribution in [0.15, 0.2) is 23.1 Å². The first kappa shape index (κ1) is 17.9. The zero-order valence-corrected chi connectivity index (χ0v) is 13.4. The molecule has 0 amide bonds. The van der Waals surface area contributed by atoms with Gasteiger partial charge in [-0.1, -0.05) is 6.07 Å². The Morgan fingerprint density at radius 1 is 1.19 bits per heavy atom. The summed E-state index contributed by atoms with van der Waals surface area (Å²) in [6.45, 7) is 0.737. The molecule has 1 aromatic rings. The monoisotopic (exact) mass is 336 g/mol. The number of carbonyl (C=O) groups is 1. The van der Waals surface area contributed by atoms with Crippen molar-refractivity contribution in [1.82, 2.24) is 0 Å². The molecular formula is C13H17ClO6S. The second kappa shape index (κ2) is 8.33. The molecule has 0 aliphatic rings. The molecule has 0 N–H and O–H groups in total. The molecule has 0 heterocycles. The van der Waals surface area contributed by atoms with Gasteiger partial charge in [0.15, 0.2) is 0 Å². The molecule has 6 nitrogen and oxygen atoms in total. The van der Waals surface area contributed by atoms with Gasteiger partial charge in [0.05, 0.1) is 23.7 Å². The van der Waals surface area contributed by atoms with Gasteiger partial charge in [0, 0.05) is 37.9 Å². The lowest BCUT2D eigenvalue weighted by molar-refractivity contribution is 0.0468. The third-order valence-corrected chi connectivity index (χ3v) is 4.00. The van der Waals surface area contributed by atoms with E-state index < -0.39 is 15.0 Å². The lowest BCUT2D eigenvalue weighted by atomic mass is 10.1. The maximum Gasteiger partial charge on any atom is 0.338 e. The molecule has 1 aromatic carbocycles. The van der Waals surface area contributed by atoms with Gasteiger partial charge in [-0.15, -0.1) is 0 Å². The highest BCUT2D eigenvalue weighted by atomic mass is 35.7. The number of benzene rings is 1. The second-order valence-electron chi connectivity index (χ2n) is 4.18. The molecule has 0 aliphatic heterocycles. The molecule has 0 radical (unpaired) electrons. The molecule has 0 unspecified atom stereocenters. The summed E-state index contributed by atoms with van der Waals surface area (Å²) in [5.41, 5.74) is 0.495. The quantitative estimate of drug-likeness (QED) is 0.410. The molecule has 118 valence electrons. The van der Waals surface area contributed by atoms with Crippen LogP contribution >= 0.6 is 10.7 Å². The summed E-state index contributed by atoms with van der Waals surface area (Å²) in [4.78, 5) is 11.7. The van der Waals surface area contributed by atoms with Crippen molar-refractivity contribution in [3.63, 3.8) is 0 Å². The zero-order chi connectivity index (χ0) is 15.9. The van der Waals surface area contributed by atoms with Gasteiger partial charge in [0.1, 0.15) is 0 Å². The molecule has 21 heavy (non-hydrogen) atoms. The Balaban J connectivity index is 2.92. The van der Waals surface area contributed by atoms with Crippen LogP contribution in [-0.4, -0.2) is 41.8 Å². The number of hydrogen-bond acceptors (Lipinski definition) is 6. The maximum atomic E-state index is 11.8. The number of ether oxygens (including phenoxy) is 3. The van der Waals surface area contributed by atoms with Crippen LogP contribution < -0.4 is 0 Å². The van der Waals surface area contributed by atoms with Crippen LogP contribution in [0.3, 0.4) is 0 Å². The molecule has 0 spiro atoms. The highest BCUT2D eigenvalue weighted by molar-refractivity contribution is 8.13. The van der Waals surface area contributed by atoms with Gasteiger partial charge in [-0.25, -0.2) is 13.2 Å². The summed E-state index contributed by atoms with van der Waals surface area (Å²) in [6.07, 6.45) is 0.560. The maximum absolute atomic E-state index is 11.8. The minimum Gasteiger partial charge on any atom is -0.462 e. The van der Waals surface area contributed by atoms with Crippen molar-refractivity contribution in [2.45, 2.75) is 17.9 Å². The van der Waals surface area contributed by atoms with E-state index in [0.717, 1.165) is 0 Å². The van der Waals surface area contributed by atoms with Crippen molar-refractivity contribution in [3.8, 4) is 0 Å². The highest BCUT2D eigenvalue weighted by Crippen LogP contribution is 2.23. The van der Waals surface area contributed by atoms with E-state index in [1.807, 2.05) is 0 Å². The summed E-state index contributed by atoms with van der Waals surface area (Å²) in [7, 11) is 4.38. The van der Waals surface area contributed by atoms with E-state index in [4.69, 9.17) is 24.9 Å². The van der Waals surface area contributed by atoms with Crippen LogP contribution in [0, 0.1) is 0 Å². The van der Waals surface area contributed by atoms with E-state index >= 15 is 0 Å². The number of carbonyl (C=O) groups excluding carboxylic acids is 1. The van der Waals surface area contributed by atoms with E-state index in [0.29, 0.717) is 18.6 Å². The van der Waals surface area contributed by atoms with E-state index in [9.17, 15) is 13.2 Å². The minimum atomic E-state index is -3.98. The van der Waals surface area contributed by atoms with Crippen molar-refractivity contribution < 1.29 is 27.4 Å². The van der Waals surface area contributed by atoms with Crippen molar-refractivity contribution in [1.29, 1.82) is 0 Å². The van der Waals surface area contributed by atoms with E-state index in [-0.39, 0.29) is 23.7 Å². The van der Waals surface area contributed by atoms with Gasteiger partial charge in [0.2, 0.25) is 0 Å². The third kappa shape index (κ3) is 5.62. The molecule has 0 atom stereocenters. The fourth-order valence-corrected chi connectivity index (χ4v) is 2.77. The molecule has 0 saturated heterocycles. The number of methoxy groups -OCH3 is 2. The summed E-state index contributed by atoms with van der Waals surface area (Å²) in [5.74, 6) is -0.614. The predicted octanol–water partition coefficient (Wildman–Crippen LogP) is 1.95. The summed E-state index contributed by atoms with van der Waals surface area (Å²) < 4.78 is 37.8. The van der Waals surface area contributed by atoms with Crippen LogP contribution in [0.2, 0.25) is 0 Å². The molecule has 0 aromatic heterocycles. The Bertz CT molecular complexity index is 584. The molecule has 1 rings (SSSR count). The lowest BCUT2D eigenvalue weighted by Gasteiger charge is -2.09. The normalized spacial score (nSPS) is 11.4. The molecule has 8 heteroatoms. The Hall–Kier alpha value is -1.15. The number of rotatable bonds is 8. The highest BCUT2D eigenvalue weighted by Gasteiger charge is 2.19. The topological polar surface area (TPSA) is 78.9 Å². The molecule has 0 aliphatic carbocycles. The van der Waals surface area contributed by atoms with Gasteiger partial charge >= 0.3 is 5.97 Å². The van der Waals surface area contributed by atoms with E-state index in [2.05, 4.69) is 0 Å². The molecular weight excluding hydrogens is 320 g/mol. The van der Waals surface area contributed by atoms with Gasteiger partial charge in [0.25, 0.3) is 9.05 Å². The number of esters is 1. The van der Waals surface area contributed by atoms with Gasteiger partial charge in [-0.2, -0.15) is 0 Å². The summed E-state index contributed by atoms with van der Waals surface area (Å²) in [6, 6.07) is 4.14. The number of halogens is 1. The van der Waals surface area contributed by atoms with Crippen molar-refractivity contribution >= 4 is 25.7 Å². The largest absolute Gasteiger partial charge is 0.462 e. The first-order valence-corrected chi connectivity index (χ1v) is 8.43. The Labute approximate surface area is 128 Å². The van der Waals surface area contributed by atoms with Gasteiger partial charge in [-0.3, -0.25) is 0 Å². The van der Waals surface area contributed by atoms with Crippen molar-refractivity contribution in [3.05, 3.63) is 29.3 Å². The van der Waals surface area contributed by atoms with Crippen LogP contribution in [0.25, 0.3) is 0 Å². The average Bonchev–Trinajstić information content (AvgIpc) is 2.43. The SMILES string of the molecule is COCCCOC(=O)c1ccc(COC)c(S(=O)(=O)Cl)c1. The van der Waals surface area contributed by atoms with Crippen molar-refractivity contribution in [2.75, 3.05) is 27.4 Å². The van der Waals surface area contributed by atoms with Crippen LogP contribution in [0.5, 0.6) is 0 Å². The van der Waals surface area contributed by atoms with Gasteiger partial charge in [-0.05, 0) is 17.7 Å². The number of hydrogen-bond donors (Lipinski definition) is 0. The standard InChI is InChI=1S/C13H17ClO6S/c1-18-6-3-7-20-13(15)10-4-5-11(9-19-2)12(8-10)21(14,16)17/h4-5,8H,3,6-7,9H2,1-2H3. The fourth-order valence-electron chi connectivity index (χ4n) is 1.63. The Morgan fingerprint density at radius 3 is 2.48 bits per heavy atom. The first-order valence-electron chi connectivity index (χ1n) is 6.12. The average molecular weight is 337 g/mol. The smallest absolute Gasteiger partial charge is 0.338 e. The summed E-state index contributed by atoms with van der Waals surface area (Å²) in [5, 5.41) is 0.